The zero-order valence-electron chi connectivity index (χ0n) is 20.7. The van der Waals surface area contributed by atoms with E-state index in [4.69, 9.17) is 28.1 Å². The number of benzene rings is 3. The molecule has 5 rings (SSSR count). The number of rotatable bonds is 7. The van der Waals surface area contributed by atoms with Gasteiger partial charge in [-0.1, -0.05) is 12.1 Å². The van der Waals surface area contributed by atoms with E-state index in [1.165, 1.54) is 21.3 Å². The fraction of sp³-hybridized carbons (Fsp3) is 0.214. The monoisotopic (exact) mass is 503 g/mol. The molecule has 1 N–H and O–H groups in total. The Hall–Kier alpha value is -4.66. The van der Waals surface area contributed by atoms with Crippen LogP contribution in [0.2, 0.25) is 0 Å². The summed E-state index contributed by atoms with van der Waals surface area (Å²) in [5.74, 6) is 0.848. The Labute approximate surface area is 212 Å². The fourth-order valence-corrected chi connectivity index (χ4v) is 4.59. The van der Waals surface area contributed by atoms with E-state index in [1.807, 2.05) is 6.07 Å². The van der Waals surface area contributed by atoms with Crippen LogP contribution < -0.4 is 34.6 Å². The molecular formula is C28H25NO8. The molecule has 2 heterocycles. The Morgan fingerprint density at radius 3 is 2.16 bits per heavy atom. The van der Waals surface area contributed by atoms with Gasteiger partial charge in [0.25, 0.3) is 5.91 Å². The van der Waals surface area contributed by atoms with Crippen LogP contribution in [0.5, 0.6) is 28.7 Å². The summed E-state index contributed by atoms with van der Waals surface area (Å²) >= 11 is 0. The maximum Gasteiger partial charge on any atom is 0.344 e. The predicted molar refractivity (Wildman–Crippen MR) is 136 cm³/mol. The third-order valence-corrected chi connectivity index (χ3v) is 6.32. The second-order valence-corrected chi connectivity index (χ2v) is 8.32. The Morgan fingerprint density at radius 1 is 0.865 bits per heavy atom. The lowest BCUT2D eigenvalue weighted by Crippen LogP contribution is -2.35. The molecule has 37 heavy (non-hydrogen) atoms. The molecule has 0 fully saturated rings. The van der Waals surface area contributed by atoms with Crippen LogP contribution in [0.3, 0.4) is 0 Å². The smallest absolute Gasteiger partial charge is 0.344 e. The minimum atomic E-state index is -1.09. The van der Waals surface area contributed by atoms with E-state index in [1.54, 1.807) is 61.7 Å². The number of methoxy groups -OCH3 is 4. The van der Waals surface area contributed by atoms with E-state index in [2.05, 4.69) is 5.32 Å². The van der Waals surface area contributed by atoms with Crippen molar-refractivity contribution in [1.29, 1.82) is 0 Å². The standard InChI is InChI=1S/C28H25NO8/c1-32-17-11-9-16(10-12-17)29-27(30)26-22(15-13-20(33-2)25(35-4)21(14-15)34-3)23-24(37-26)18-7-5-6-8-19(18)36-28(23)31/h5-14,22,26H,1-4H3,(H,29,30)/t22-,26-/m1/s1. The minimum Gasteiger partial charge on any atom is -0.497 e. The van der Waals surface area contributed by atoms with E-state index in [0.717, 1.165) is 0 Å². The highest BCUT2D eigenvalue weighted by Gasteiger charge is 2.45. The first-order valence-corrected chi connectivity index (χ1v) is 11.5. The van der Waals surface area contributed by atoms with Crippen molar-refractivity contribution in [3.63, 3.8) is 0 Å². The molecule has 0 spiro atoms. The van der Waals surface area contributed by atoms with Crippen LogP contribution in [0, 0.1) is 0 Å². The summed E-state index contributed by atoms with van der Waals surface area (Å²) in [4.78, 5) is 26.9. The Bertz CT molecular complexity index is 1500. The second-order valence-electron chi connectivity index (χ2n) is 8.32. The summed E-state index contributed by atoms with van der Waals surface area (Å²) in [7, 11) is 6.06. The van der Waals surface area contributed by atoms with Crippen molar-refractivity contribution < 1.29 is 32.9 Å². The van der Waals surface area contributed by atoms with E-state index in [0.29, 0.717) is 51.0 Å². The van der Waals surface area contributed by atoms with Crippen LogP contribution in [-0.2, 0) is 4.79 Å². The number of hydrogen-bond donors (Lipinski definition) is 1. The van der Waals surface area contributed by atoms with Crippen LogP contribution in [-0.4, -0.2) is 40.5 Å². The Morgan fingerprint density at radius 2 is 1.54 bits per heavy atom. The molecule has 0 saturated heterocycles. The number of fused-ring (bicyclic) bond motifs is 3. The van der Waals surface area contributed by atoms with Gasteiger partial charge in [0, 0.05) is 5.69 Å². The van der Waals surface area contributed by atoms with E-state index < -0.39 is 23.6 Å². The predicted octanol–water partition coefficient (Wildman–Crippen LogP) is 4.36. The lowest BCUT2D eigenvalue weighted by Gasteiger charge is -2.21. The summed E-state index contributed by atoms with van der Waals surface area (Å²) in [6.45, 7) is 0. The highest BCUT2D eigenvalue weighted by molar-refractivity contribution is 5.97. The average molecular weight is 504 g/mol. The van der Waals surface area contributed by atoms with Crippen LogP contribution in [0.4, 0.5) is 5.69 Å². The van der Waals surface area contributed by atoms with Gasteiger partial charge in [-0.15, -0.1) is 0 Å². The van der Waals surface area contributed by atoms with Crippen LogP contribution in [0.25, 0.3) is 11.0 Å². The normalized spacial score (nSPS) is 16.0. The maximum absolute atomic E-state index is 13.6. The summed E-state index contributed by atoms with van der Waals surface area (Å²) in [6, 6.07) is 17.3. The molecular weight excluding hydrogens is 478 g/mol. The van der Waals surface area contributed by atoms with Gasteiger partial charge in [0.2, 0.25) is 5.75 Å². The highest BCUT2D eigenvalue weighted by atomic mass is 16.5. The molecule has 190 valence electrons. The molecule has 0 unspecified atom stereocenters. The zero-order chi connectivity index (χ0) is 26.1. The molecule has 1 aromatic heterocycles. The summed E-state index contributed by atoms with van der Waals surface area (Å²) in [5.41, 5.74) is 1.12. The molecule has 4 aromatic rings. The summed E-state index contributed by atoms with van der Waals surface area (Å²) < 4.78 is 33.5. The first-order chi connectivity index (χ1) is 18.0. The molecule has 0 radical (unpaired) electrons. The molecule has 0 aliphatic carbocycles. The van der Waals surface area contributed by atoms with Crippen molar-refractivity contribution >= 4 is 22.6 Å². The fourth-order valence-electron chi connectivity index (χ4n) is 4.59. The number of anilines is 1. The third kappa shape index (κ3) is 4.18. The zero-order valence-corrected chi connectivity index (χ0v) is 20.7. The molecule has 0 bridgehead atoms. The first kappa shape index (κ1) is 24.1. The number of ether oxygens (including phenoxy) is 5. The molecule has 9 heteroatoms. The van der Waals surface area contributed by atoms with Gasteiger partial charge in [-0.05, 0) is 54.1 Å². The van der Waals surface area contributed by atoms with Gasteiger partial charge in [-0.3, -0.25) is 4.79 Å². The Kier molecular flexibility index (Phi) is 6.35. The molecule has 1 amide bonds. The van der Waals surface area contributed by atoms with Crippen molar-refractivity contribution in [3.05, 3.63) is 82.2 Å². The number of carbonyl (C=O) groups excluding carboxylic acids is 1. The van der Waals surface area contributed by atoms with E-state index in [9.17, 15) is 9.59 Å². The third-order valence-electron chi connectivity index (χ3n) is 6.32. The van der Waals surface area contributed by atoms with Crippen molar-refractivity contribution in [2.24, 2.45) is 0 Å². The van der Waals surface area contributed by atoms with Gasteiger partial charge in [-0.25, -0.2) is 4.79 Å². The molecule has 2 atom stereocenters. The number of nitrogens with one attached hydrogen (secondary N) is 1. The molecule has 9 nitrogen and oxygen atoms in total. The van der Waals surface area contributed by atoms with Crippen molar-refractivity contribution in [2.75, 3.05) is 33.8 Å². The minimum absolute atomic E-state index is 0.239. The van der Waals surface area contributed by atoms with Gasteiger partial charge in [0.1, 0.15) is 17.1 Å². The highest BCUT2D eigenvalue weighted by Crippen LogP contribution is 2.48. The van der Waals surface area contributed by atoms with Crippen LogP contribution >= 0.6 is 0 Å². The van der Waals surface area contributed by atoms with Gasteiger partial charge in [0.05, 0.1) is 45.3 Å². The van der Waals surface area contributed by atoms with Gasteiger partial charge in [-0.2, -0.15) is 0 Å². The topological polar surface area (TPSA) is 105 Å². The van der Waals surface area contributed by atoms with Crippen molar-refractivity contribution in [3.8, 4) is 28.7 Å². The molecule has 1 aliphatic rings. The molecule has 3 aromatic carbocycles. The number of amides is 1. The number of carbonyl (C=O) groups is 1. The maximum atomic E-state index is 13.6. The SMILES string of the molecule is COc1ccc(NC(=O)[C@@H]2Oc3c(c(=O)oc4ccccc34)[C@H]2c2cc(OC)c(OC)c(OC)c2)cc1. The van der Waals surface area contributed by atoms with Crippen LogP contribution in [0.15, 0.2) is 69.9 Å². The quantitative estimate of drug-likeness (QED) is 0.371. The molecule has 1 aliphatic heterocycles. The van der Waals surface area contributed by atoms with Crippen molar-refractivity contribution in [1.82, 2.24) is 0 Å². The van der Waals surface area contributed by atoms with E-state index in [-0.39, 0.29) is 5.56 Å². The van der Waals surface area contributed by atoms with Gasteiger partial charge >= 0.3 is 5.63 Å². The Balaban J connectivity index is 1.66. The average Bonchev–Trinajstić information content (AvgIpc) is 3.34. The number of para-hydroxylation sites is 1. The van der Waals surface area contributed by atoms with Gasteiger partial charge < -0.3 is 33.4 Å². The lowest BCUT2D eigenvalue weighted by molar-refractivity contribution is -0.122. The van der Waals surface area contributed by atoms with Gasteiger partial charge in [0.15, 0.2) is 17.6 Å². The largest absolute Gasteiger partial charge is 0.497 e. The summed E-state index contributed by atoms with van der Waals surface area (Å²) in [5, 5.41) is 3.47. The van der Waals surface area contributed by atoms with E-state index >= 15 is 0 Å². The van der Waals surface area contributed by atoms with Crippen molar-refractivity contribution in [2.45, 2.75) is 12.0 Å². The second kappa shape index (κ2) is 9.77. The van der Waals surface area contributed by atoms with Crippen LogP contribution in [0.1, 0.15) is 17.0 Å². The number of hydrogen-bond acceptors (Lipinski definition) is 8. The first-order valence-electron chi connectivity index (χ1n) is 11.5. The lowest BCUT2D eigenvalue weighted by atomic mass is 9.87. The summed E-state index contributed by atoms with van der Waals surface area (Å²) in [6.07, 6.45) is -1.09. The molecule has 0 saturated carbocycles.